The average molecular weight is 228 g/mol. The van der Waals surface area contributed by atoms with Gasteiger partial charge in [0.25, 0.3) is 0 Å². The van der Waals surface area contributed by atoms with Crippen molar-refractivity contribution >= 4 is 23.0 Å². The summed E-state index contributed by atoms with van der Waals surface area (Å²) in [7, 11) is 0. The van der Waals surface area contributed by atoms with Crippen LogP contribution >= 0.6 is 0 Å². The van der Waals surface area contributed by atoms with Crippen molar-refractivity contribution < 1.29 is 0 Å². The Morgan fingerprint density at radius 1 is 1.00 bits per heavy atom. The van der Waals surface area contributed by atoms with Crippen LogP contribution in [0.2, 0.25) is 0 Å². The molecule has 88 valence electrons. The van der Waals surface area contributed by atoms with Gasteiger partial charge in [-0.15, -0.1) is 0 Å². The highest BCUT2D eigenvalue weighted by Gasteiger charge is 2.01. The largest absolute Gasteiger partial charge is 0.396 e. The minimum absolute atomic E-state index is 0.347. The summed E-state index contributed by atoms with van der Waals surface area (Å²) >= 11 is 0. The van der Waals surface area contributed by atoms with Crippen LogP contribution in [0.15, 0.2) is 30.3 Å². The summed E-state index contributed by atoms with van der Waals surface area (Å²) in [6, 6.07) is 9.79. The van der Waals surface area contributed by atoms with Gasteiger partial charge in [-0.1, -0.05) is 6.07 Å². The molecule has 1 aromatic carbocycles. The molecule has 0 atom stereocenters. The van der Waals surface area contributed by atoms with Gasteiger partial charge >= 0.3 is 0 Å². The van der Waals surface area contributed by atoms with Crippen molar-refractivity contribution in [1.29, 1.82) is 0 Å². The van der Waals surface area contributed by atoms with Crippen molar-refractivity contribution in [2.75, 3.05) is 16.8 Å². The number of hydrogen-bond donors (Lipinski definition) is 3. The van der Waals surface area contributed by atoms with Gasteiger partial charge in [0.1, 0.15) is 11.6 Å². The van der Waals surface area contributed by atoms with E-state index in [2.05, 4.69) is 42.3 Å². The molecule has 4 heteroatoms. The van der Waals surface area contributed by atoms with E-state index in [0.717, 1.165) is 5.69 Å². The smallest absolute Gasteiger partial charge is 0.149 e. The molecular weight excluding hydrogens is 212 g/mol. The van der Waals surface area contributed by atoms with Gasteiger partial charge < -0.3 is 16.8 Å². The third-order valence-corrected chi connectivity index (χ3v) is 2.45. The first-order valence-electron chi connectivity index (χ1n) is 5.42. The highest BCUT2D eigenvalue weighted by atomic mass is 15.0. The molecule has 0 spiro atoms. The molecule has 0 aliphatic heterocycles. The number of aromatic nitrogens is 1. The molecule has 0 amide bonds. The second-order valence-electron chi connectivity index (χ2n) is 4.17. The summed E-state index contributed by atoms with van der Waals surface area (Å²) in [5.41, 5.74) is 15.2. The number of nitrogens with zero attached hydrogens (tertiary/aromatic N) is 1. The Bertz CT molecular complexity index is 529. The number of aryl methyl sites for hydroxylation is 2. The predicted molar refractivity (Wildman–Crippen MR) is 72.3 cm³/mol. The minimum Gasteiger partial charge on any atom is -0.396 e. The second-order valence-corrected chi connectivity index (χ2v) is 4.17. The molecule has 4 nitrogen and oxygen atoms in total. The maximum absolute atomic E-state index is 5.66. The van der Waals surface area contributed by atoms with Gasteiger partial charge in [-0.05, 0) is 49.2 Å². The van der Waals surface area contributed by atoms with Crippen LogP contribution in [0.5, 0.6) is 0 Å². The van der Waals surface area contributed by atoms with E-state index < -0.39 is 0 Å². The average Bonchev–Trinajstić information content (AvgIpc) is 2.22. The van der Waals surface area contributed by atoms with E-state index in [-0.39, 0.29) is 0 Å². The number of nitrogens with two attached hydrogens (primary N) is 2. The van der Waals surface area contributed by atoms with Gasteiger partial charge in [0, 0.05) is 5.69 Å². The molecule has 0 fully saturated rings. The predicted octanol–water partition coefficient (Wildman–Crippen LogP) is 2.61. The van der Waals surface area contributed by atoms with Crippen molar-refractivity contribution in [1.82, 2.24) is 4.98 Å². The van der Waals surface area contributed by atoms with Crippen LogP contribution in [0.4, 0.5) is 23.0 Å². The van der Waals surface area contributed by atoms with E-state index in [9.17, 15) is 0 Å². The molecule has 1 heterocycles. The van der Waals surface area contributed by atoms with E-state index in [1.807, 2.05) is 6.07 Å². The number of nitrogen functional groups attached to an aromatic ring is 2. The van der Waals surface area contributed by atoms with Gasteiger partial charge in [0.2, 0.25) is 0 Å². The van der Waals surface area contributed by atoms with Gasteiger partial charge in [-0.3, -0.25) is 0 Å². The van der Waals surface area contributed by atoms with Gasteiger partial charge in [0.05, 0.1) is 5.69 Å². The summed E-state index contributed by atoms with van der Waals surface area (Å²) in [6.07, 6.45) is 0. The number of nitrogens with one attached hydrogen (secondary N) is 1. The van der Waals surface area contributed by atoms with Crippen LogP contribution in [0.1, 0.15) is 11.1 Å². The van der Waals surface area contributed by atoms with E-state index in [0.29, 0.717) is 17.3 Å². The fourth-order valence-electron chi connectivity index (χ4n) is 1.75. The molecule has 2 rings (SSSR count). The molecular formula is C13H16N4. The SMILES string of the molecule is Cc1cc(C)cc(Nc2ccc(N)c(N)n2)c1. The molecule has 0 unspecified atom stereocenters. The van der Waals surface area contributed by atoms with Crippen molar-refractivity contribution in [3.05, 3.63) is 41.5 Å². The summed E-state index contributed by atoms with van der Waals surface area (Å²) < 4.78 is 0. The van der Waals surface area contributed by atoms with Crippen LogP contribution in [-0.2, 0) is 0 Å². The zero-order valence-corrected chi connectivity index (χ0v) is 9.99. The fourth-order valence-corrected chi connectivity index (χ4v) is 1.75. The highest BCUT2D eigenvalue weighted by Crippen LogP contribution is 2.20. The Kier molecular flexibility index (Phi) is 2.87. The number of hydrogen-bond acceptors (Lipinski definition) is 4. The van der Waals surface area contributed by atoms with Crippen LogP contribution in [0.3, 0.4) is 0 Å². The monoisotopic (exact) mass is 228 g/mol. The molecule has 0 bridgehead atoms. The van der Waals surface area contributed by atoms with Gasteiger partial charge in [-0.2, -0.15) is 0 Å². The first-order valence-corrected chi connectivity index (χ1v) is 5.42. The maximum Gasteiger partial charge on any atom is 0.149 e. The Morgan fingerprint density at radius 3 is 2.24 bits per heavy atom. The van der Waals surface area contributed by atoms with Crippen molar-refractivity contribution in [3.8, 4) is 0 Å². The first-order chi connectivity index (χ1) is 8.04. The molecule has 5 N–H and O–H groups in total. The quantitative estimate of drug-likeness (QED) is 0.738. The summed E-state index contributed by atoms with van der Waals surface area (Å²) in [5, 5.41) is 3.21. The number of benzene rings is 1. The van der Waals surface area contributed by atoms with Crippen LogP contribution < -0.4 is 16.8 Å². The summed E-state index contributed by atoms with van der Waals surface area (Å²) in [5.74, 6) is 1.04. The number of rotatable bonds is 2. The van der Waals surface area contributed by atoms with Crippen molar-refractivity contribution in [2.24, 2.45) is 0 Å². The molecule has 1 aromatic heterocycles. The second kappa shape index (κ2) is 4.33. The van der Waals surface area contributed by atoms with Crippen LogP contribution in [0, 0.1) is 13.8 Å². The topological polar surface area (TPSA) is 77.0 Å². The normalized spacial score (nSPS) is 10.2. The lowest BCUT2D eigenvalue weighted by Crippen LogP contribution is -2.01. The zero-order chi connectivity index (χ0) is 12.4. The standard InChI is InChI=1S/C13H16N4/c1-8-5-9(2)7-10(6-8)16-12-4-3-11(14)13(15)17-12/h3-7H,14H2,1-2H3,(H3,15,16,17). The van der Waals surface area contributed by atoms with E-state index in [1.54, 1.807) is 6.07 Å². The molecule has 0 aliphatic rings. The fraction of sp³-hybridized carbons (Fsp3) is 0.154. The van der Waals surface area contributed by atoms with Crippen molar-refractivity contribution in [3.63, 3.8) is 0 Å². The van der Waals surface area contributed by atoms with Gasteiger partial charge in [0.15, 0.2) is 0 Å². The number of pyridine rings is 1. The van der Waals surface area contributed by atoms with E-state index in [1.165, 1.54) is 11.1 Å². The van der Waals surface area contributed by atoms with Gasteiger partial charge in [-0.25, -0.2) is 4.98 Å². The molecule has 17 heavy (non-hydrogen) atoms. The Hall–Kier alpha value is -2.23. The first kappa shape index (κ1) is 11.3. The molecule has 0 saturated heterocycles. The lowest BCUT2D eigenvalue weighted by Gasteiger charge is -2.09. The minimum atomic E-state index is 0.347. The molecule has 2 aromatic rings. The third-order valence-electron chi connectivity index (χ3n) is 2.45. The number of anilines is 4. The molecule has 0 saturated carbocycles. The molecule has 0 aliphatic carbocycles. The van der Waals surface area contributed by atoms with E-state index >= 15 is 0 Å². The Balaban J connectivity index is 2.28. The lowest BCUT2D eigenvalue weighted by molar-refractivity contribution is 1.30. The Labute approximate surface area is 101 Å². The summed E-state index contributed by atoms with van der Waals surface area (Å²) in [4.78, 5) is 4.17. The molecule has 0 radical (unpaired) electrons. The van der Waals surface area contributed by atoms with Crippen molar-refractivity contribution in [2.45, 2.75) is 13.8 Å². The zero-order valence-electron chi connectivity index (χ0n) is 9.99. The van der Waals surface area contributed by atoms with Crippen LogP contribution in [0.25, 0.3) is 0 Å². The highest BCUT2D eigenvalue weighted by molar-refractivity contribution is 5.65. The summed E-state index contributed by atoms with van der Waals surface area (Å²) in [6.45, 7) is 4.12. The Morgan fingerprint density at radius 2 is 1.65 bits per heavy atom. The van der Waals surface area contributed by atoms with Crippen LogP contribution in [-0.4, -0.2) is 4.98 Å². The van der Waals surface area contributed by atoms with E-state index in [4.69, 9.17) is 11.5 Å². The lowest BCUT2D eigenvalue weighted by atomic mass is 10.1. The third kappa shape index (κ3) is 2.66. The maximum atomic E-state index is 5.66.